The zero-order valence-electron chi connectivity index (χ0n) is 17.7. The van der Waals surface area contributed by atoms with Crippen LogP contribution in [0, 0.1) is 5.82 Å². The second kappa shape index (κ2) is 9.57. The highest BCUT2D eigenvalue weighted by atomic mass is 32.2. The predicted octanol–water partition coefficient (Wildman–Crippen LogP) is 4.67. The molecule has 4 aromatic rings. The Kier molecular flexibility index (Phi) is 6.57. The highest BCUT2D eigenvalue weighted by Crippen LogP contribution is 2.28. The number of nitrogens with one attached hydrogen (secondary N) is 2. The van der Waals surface area contributed by atoms with Gasteiger partial charge in [0.25, 0.3) is 15.9 Å². The van der Waals surface area contributed by atoms with E-state index in [-0.39, 0.29) is 22.8 Å². The normalized spacial score (nSPS) is 11.2. The number of rotatable bonds is 7. The Bertz CT molecular complexity index is 1480. The lowest BCUT2D eigenvalue weighted by Gasteiger charge is -2.09. The third-order valence-corrected chi connectivity index (χ3v) is 6.95. The average Bonchev–Trinajstić information content (AvgIpc) is 3.21. The van der Waals surface area contributed by atoms with Crippen molar-refractivity contribution < 1.29 is 27.1 Å². The van der Waals surface area contributed by atoms with Gasteiger partial charge in [0.05, 0.1) is 27.3 Å². The molecule has 174 valence electrons. The molecule has 0 aliphatic heterocycles. The number of fused-ring (bicyclic) bond motifs is 1. The van der Waals surface area contributed by atoms with Crippen LogP contribution in [0.2, 0.25) is 0 Å². The third-order valence-electron chi connectivity index (χ3n) is 4.62. The van der Waals surface area contributed by atoms with E-state index in [0.717, 1.165) is 24.3 Å². The Labute approximate surface area is 198 Å². The van der Waals surface area contributed by atoms with Crippen molar-refractivity contribution in [3.8, 4) is 0 Å². The number of esters is 1. The second-order valence-electron chi connectivity index (χ2n) is 7.02. The van der Waals surface area contributed by atoms with E-state index in [4.69, 9.17) is 4.74 Å². The molecular weight excluding hydrogens is 481 g/mol. The van der Waals surface area contributed by atoms with Crippen molar-refractivity contribution in [3.05, 3.63) is 83.7 Å². The molecule has 4 rings (SSSR count). The zero-order valence-corrected chi connectivity index (χ0v) is 19.4. The first-order chi connectivity index (χ1) is 16.2. The van der Waals surface area contributed by atoms with Gasteiger partial charge in [-0.1, -0.05) is 17.4 Å². The van der Waals surface area contributed by atoms with Crippen LogP contribution in [0.5, 0.6) is 0 Å². The summed E-state index contributed by atoms with van der Waals surface area (Å²) in [6, 6.07) is 15.2. The van der Waals surface area contributed by atoms with Gasteiger partial charge in [-0.05, 0) is 67.6 Å². The molecule has 34 heavy (non-hydrogen) atoms. The average molecular weight is 500 g/mol. The standard InChI is InChI=1S/C23H18FN3O5S2/c1-2-32-22(29)15-6-11-19-20(13-15)33-23(25-19)26-21(28)14-4-3-5-17(12-14)27-34(30,31)18-9-7-16(24)8-10-18/h3-13,27H,2H2,1H3,(H,25,26,28). The van der Waals surface area contributed by atoms with Crippen LogP contribution >= 0.6 is 11.3 Å². The predicted molar refractivity (Wildman–Crippen MR) is 127 cm³/mol. The van der Waals surface area contributed by atoms with E-state index in [2.05, 4.69) is 15.0 Å². The van der Waals surface area contributed by atoms with Crippen LogP contribution in [0.4, 0.5) is 15.2 Å². The van der Waals surface area contributed by atoms with E-state index in [1.54, 1.807) is 25.1 Å². The number of ether oxygens (including phenoxy) is 1. The summed E-state index contributed by atoms with van der Waals surface area (Å²) in [6.07, 6.45) is 0. The van der Waals surface area contributed by atoms with Gasteiger partial charge in [-0.2, -0.15) is 0 Å². The van der Waals surface area contributed by atoms with Crippen LogP contribution in [0.3, 0.4) is 0 Å². The van der Waals surface area contributed by atoms with E-state index < -0.39 is 27.7 Å². The molecule has 0 bridgehead atoms. The van der Waals surface area contributed by atoms with Gasteiger partial charge in [-0.25, -0.2) is 22.6 Å². The van der Waals surface area contributed by atoms with Crippen LogP contribution in [0.15, 0.2) is 71.6 Å². The molecule has 8 nitrogen and oxygen atoms in total. The van der Waals surface area contributed by atoms with Crippen LogP contribution < -0.4 is 10.0 Å². The Morgan fingerprint density at radius 1 is 1.03 bits per heavy atom. The molecule has 11 heteroatoms. The van der Waals surface area contributed by atoms with E-state index in [1.165, 1.54) is 35.6 Å². The lowest BCUT2D eigenvalue weighted by Crippen LogP contribution is -2.15. The highest BCUT2D eigenvalue weighted by molar-refractivity contribution is 7.92. The molecule has 0 fully saturated rings. The third kappa shape index (κ3) is 5.21. The van der Waals surface area contributed by atoms with Gasteiger partial charge in [0.15, 0.2) is 5.13 Å². The first kappa shape index (κ1) is 23.3. The highest BCUT2D eigenvalue weighted by Gasteiger charge is 2.16. The Morgan fingerprint density at radius 3 is 2.53 bits per heavy atom. The van der Waals surface area contributed by atoms with Crippen molar-refractivity contribution in [1.82, 2.24) is 4.98 Å². The van der Waals surface area contributed by atoms with E-state index in [9.17, 15) is 22.4 Å². The molecule has 0 saturated heterocycles. The molecule has 0 radical (unpaired) electrons. The molecule has 0 aliphatic rings. The van der Waals surface area contributed by atoms with Crippen LogP contribution in [-0.2, 0) is 14.8 Å². The first-order valence-corrected chi connectivity index (χ1v) is 12.3. The number of nitrogens with zero attached hydrogens (tertiary/aromatic N) is 1. The van der Waals surface area contributed by atoms with E-state index in [1.807, 2.05) is 0 Å². The molecule has 3 aromatic carbocycles. The van der Waals surface area contributed by atoms with Crippen molar-refractivity contribution in [2.24, 2.45) is 0 Å². The molecule has 2 N–H and O–H groups in total. The number of hydrogen-bond donors (Lipinski definition) is 2. The second-order valence-corrected chi connectivity index (χ2v) is 9.73. The number of benzene rings is 3. The number of halogens is 1. The zero-order chi connectivity index (χ0) is 24.3. The van der Waals surface area contributed by atoms with Crippen LogP contribution in [0.25, 0.3) is 10.2 Å². The largest absolute Gasteiger partial charge is 0.462 e. The Hall–Kier alpha value is -3.83. The van der Waals surface area contributed by atoms with E-state index in [0.29, 0.717) is 20.9 Å². The van der Waals surface area contributed by atoms with Crippen molar-refractivity contribution >= 4 is 54.3 Å². The van der Waals surface area contributed by atoms with Gasteiger partial charge in [0.1, 0.15) is 5.82 Å². The fourth-order valence-electron chi connectivity index (χ4n) is 3.04. The maximum atomic E-state index is 13.1. The summed E-state index contributed by atoms with van der Waals surface area (Å²) >= 11 is 1.19. The van der Waals surface area contributed by atoms with Crippen LogP contribution in [0.1, 0.15) is 27.6 Å². The SMILES string of the molecule is CCOC(=O)c1ccc2nc(NC(=O)c3cccc(NS(=O)(=O)c4ccc(F)cc4)c3)sc2c1. The number of amides is 1. The van der Waals surface area contributed by atoms with Crippen molar-refractivity contribution in [2.45, 2.75) is 11.8 Å². The number of carbonyl (C=O) groups excluding carboxylic acids is 2. The Balaban J connectivity index is 1.50. The maximum Gasteiger partial charge on any atom is 0.338 e. The van der Waals surface area contributed by atoms with Gasteiger partial charge >= 0.3 is 5.97 Å². The molecule has 1 amide bonds. The van der Waals surface area contributed by atoms with Gasteiger partial charge in [-0.3, -0.25) is 14.8 Å². The minimum Gasteiger partial charge on any atom is -0.462 e. The first-order valence-electron chi connectivity index (χ1n) is 10.0. The van der Waals surface area contributed by atoms with Crippen LogP contribution in [-0.4, -0.2) is 31.9 Å². The summed E-state index contributed by atoms with van der Waals surface area (Å²) in [4.78, 5) is 28.9. The lowest BCUT2D eigenvalue weighted by molar-refractivity contribution is 0.0526. The number of thiazole rings is 1. The maximum absolute atomic E-state index is 13.1. The monoisotopic (exact) mass is 499 g/mol. The quantitative estimate of drug-likeness (QED) is 0.357. The summed E-state index contributed by atoms with van der Waals surface area (Å²) in [5.41, 5.74) is 1.36. The van der Waals surface area contributed by atoms with Gasteiger partial charge in [0.2, 0.25) is 0 Å². The molecule has 1 aromatic heterocycles. The molecule has 0 saturated carbocycles. The number of carbonyl (C=O) groups is 2. The summed E-state index contributed by atoms with van der Waals surface area (Å²) in [5.74, 6) is -1.49. The molecule has 0 atom stereocenters. The fraction of sp³-hybridized carbons (Fsp3) is 0.0870. The minimum atomic E-state index is -3.96. The van der Waals surface area contributed by atoms with Crippen molar-refractivity contribution in [2.75, 3.05) is 16.6 Å². The topological polar surface area (TPSA) is 114 Å². The number of sulfonamides is 1. The summed E-state index contributed by atoms with van der Waals surface area (Å²) < 4.78 is 46.2. The summed E-state index contributed by atoms with van der Waals surface area (Å²) in [6.45, 7) is 1.99. The summed E-state index contributed by atoms with van der Waals surface area (Å²) in [5, 5.41) is 3.00. The van der Waals surface area contributed by atoms with E-state index >= 15 is 0 Å². The molecule has 0 spiro atoms. The lowest BCUT2D eigenvalue weighted by atomic mass is 10.2. The molecule has 0 unspecified atom stereocenters. The smallest absolute Gasteiger partial charge is 0.338 e. The summed E-state index contributed by atoms with van der Waals surface area (Å²) in [7, 11) is -3.96. The fourth-order valence-corrected chi connectivity index (χ4v) is 4.99. The number of hydrogen-bond acceptors (Lipinski definition) is 7. The van der Waals surface area contributed by atoms with Crippen molar-refractivity contribution in [3.63, 3.8) is 0 Å². The molecular formula is C23H18FN3O5S2. The number of aromatic nitrogens is 1. The van der Waals surface area contributed by atoms with Gasteiger partial charge in [0, 0.05) is 11.3 Å². The molecule has 1 heterocycles. The Morgan fingerprint density at radius 2 is 1.79 bits per heavy atom. The molecule has 0 aliphatic carbocycles. The number of anilines is 2. The van der Waals surface area contributed by atoms with Gasteiger partial charge in [-0.15, -0.1) is 0 Å². The minimum absolute atomic E-state index is 0.111. The van der Waals surface area contributed by atoms with Gasteiger partial charge < -0.3 is 4.74 Å². The van der Waals surface area contributed by atoms with Crippen molar-refractivity contribution in [1.29, 1.82) is 0 Å².